The number of carbonyl (C=O) groups excluding carboxylic acids is 1. The summed E-state index contributed by atoms with van der Waals surface area (Å²) >= 11 is 4.85. The molecule has 0 saturated heterocycles. The number of rotatable bonds is 4. The minimum atomic E-state index is -0.529. The van der Waals surface area contributed by atoms with E-state index in [1.165, 1.54) is 11.3 Å². The minimum absolute atomic E-state index is 0.191. The highest BCUT2D eigenvalue weighted by molar-refractivity contribution is 9.10. The number of pyridine rings is 1. The summed E-state index contributed by atoms with van der Waals surface area (Å²) in [5.41, 5.74) is -0.0371. The fourth-order valence-electron chi connectivity index (χ4n) is 1.75. The fraction of sp³-hybridized carbons (Fsp3) is 0.308. The summed E-state index contributed by atoms with van der Waals surface area (Å²) in [5, 5.41) is 8.66. The number of hydrogen-bond acceptors (Lipinski definition) is 5. The number of nitrogens with zero attached hydrogens (tertiary/aromatic N) is 2. The molecule has 0 unspecified atom stereocenters. The Hall–Kier alpha value is -1.47. The number of halogens is 1. The highest BCUT2D eigenvalue weighted by Gasteiger charge is 2.27. The van der Waals surface area contributed by atoms with E-state index in [1.54, 1.807) is 25.5 Å². The topological polar surface area (TPSA) is 66.9 Å². The third-order valence-corrected chi connectivity index (χ3v) is 4.26. The van der Waals surface area contributed by atoms with Gasteiger partial charge in [-0.05, 0) is 35.8 Å². The van der Waals surface area contributed by atoms with E-state index >= 15 is 0 Å². The van der Waals surface area contributed by atoms with Crippen LogP contribution in [0, 0.1) is 0 Å². The van der Waals surface area contributed by atoms with Crippen molar-refractivity contribution < 1.29 is 4.79 Å². The molecule has 0 fully saturated rings. The van der Waals surface area contributed by atoms with E-state index in [0.717, 1.165) is 9.48 Å². The lowest BCUT2D eigenvalue weighted by Gasteiger charge is -2.24. The minimum Gasteiger partial charge on any atom is -0.372 e. The predicted octanol–water partition coefficient (Wildman–Crippen LogP) is 3.01. The Morgan fingerprint density at radius 3 is 2.75 bits per heavy atom. The van der Waals surface area contributed by atoms with Gasteiger partial charge in [-0.25, -0.2) is 9.97 Å². The molecule has 0 aliphatic heterocycles. The molecule has 7 heteroatoms. The molecule has 0 atom stereocenters. The quantitative estimate of drug-likeness (QED) is 0.885. The van der Waals surface area contributed by atoms with Gasteiger partial charge in [0.25, 0.3) is 5.91 Å². The van der Waals surface area contributed by atoms with E-state index in [1.807, 2.05) is 19.2 Å². The Labute approximate surface area is 130 Å². The van der Waals surface area contributed by atoms with Gasteiger partial charge >= 0.3 is 0 Å². The molecule has 1 amide bonds. The first-order chi connectivity index (χ1) is 9.44. The van der Waals surface area contributed by atoms with Crippen molar-refractivity contribution in [3.8, 4) is 0 Å². The van der Waals surface area contributed by atoms with Crippen LogP contribution < -0.4 is 10.6 Å². The zero-order valence-electron chi connectivity index (χ0n) is 11.4. The number of carbonyl (C=O) groups is 1. The lowest BCUT2D eigenvalue weighted by atomic mass is 10.1. The second-order valence-corrected chi connectivity index (χ2v) is 6.53. The largest absolute Gasteiger partial charge is 0.372 e. The summed E-state index contributed by atoms with van der Waals surface area (Å²) in [6, 6.07) is 1.74. The molecule has 2 heterocycles. The Kier molecular flexibility index (Phi) is 4.39. The molecule has 0 bridgehead atoms. The number of amides is 1. The van der Waals surface area contributed by atoms with E-state index in [2.05, 4.69) is 36.5 Å². The van der Waals surface area contributed by atoms with Crippen LogP contribution in [0.3, 0.4) is 0 Å². The summed E-state index contributed by atoms with van der Waals surface area (Å²) in [4.78, 5) is 20.9. The Bertz CT molecular complexity index is 613. The van der Waals surface area contributed by atoms with Gasteiger partial charge in [-0.3, -0.25) is 4.79 Å². The van der Waals surface area contributed by atoms with Crippen LogP contribution in [0.4, 0.5) is 5.82 Å². The molecule has 2 aromatic rings. The van der Waals surface area contributed by atoms with Gasteiger partial charge in [-0.15, -0.1) is 11.3 Å². The normalized spacial score (nSPS) is 11.2. The van der Waals surface area contributed by atoms with E-state index in [4.69, 9.17) is 0 Å². The lowest BCUT2D eigenvalue weighted by molar-refractivity contribution is 0.0912. The Morgan fingerprint density at radius 1 is 1.40 bits per heavy atom. The molecule has 106 valence electrons. The standard InChI is InChI=1S/C13H15BrN4OS/c1-13(2,12-16-4-5-20-12)18-11(19)9-6-8(14)7-17-10(9)15-3/h4-7H,1-3H3,(H,15,17)(H,18,19). The second-order valence-electron chi connectivity index (χ2n) is 4.72. The maximum Gasteiger partial charge on any atom is 0.255 e. The summed E-state index contributed by atoms with van der Waals surface area (Å²) in [5.74, 6) is 0.351. The van der Waals surface area contributed by atoms with Gasteiger partial charge in [-0.1, -0.05) is 0 Å². The molecular formula is C13H15BrN4OS. The van der Waals surface area contributed by atoms with Crippen molar-refractivity contribution in [3.63, 3.8) is 0 Å². The van der Waals surface area contributed by atoms with E-state index < -0.39 is 5.54 Å². The molecule has 0 radical (unpaired) electrons. The molecule has 0 spiro atoms. The number of hydrogen-bond donors (Lipinski definition) is 2. The van der Waals surface area contributed by atoms with Gasteiger partial charge in [0, 0.05) is 29.3 Å². The van der Waals surface area contributed by atoms with Crippen molar-refractivity contribution in [2.45, 2.75) is 19.4 Å². The van der Waals surface area contributed by atoms with E-state index in [0.29, 0.717) is 11.4 Å². The van der Waals surface area contributed by atoms with Crippen molar-refractivity contribution >= 4 is 39.0 Å². The molecular weight excluding hydrogens is 340 g/mol. The zero-order chi connectivity index (χ0) is 14.8. The summed E-state index contributed by atoms with van der Waals surface area (Å²) < 4.78 is 0.758. The molecule has 0 aromatic carbocycles. The van der Waals surface area contributed by atoms with Crippen LogP contribution in [0.5, 0.6) is 0 Å². The lowest BCUT2D eigenvalue weighted by Crippen LogP contribution is -2.41. The first-order valence-corrected chi connectivity index (χ1v) is 7.67. The third-order valence-electron chi connectivity index (χ3n) is 2.73. The highest BCUT2D eigenvalue weighted by atomic mass is 79.9. The van der Waals surface area contributed by atoms with Crippen LogP contribution >= 0.6 is 27.3 Å². The zero-order valence-corrected chi connectivity index (χ0v) is 13.8. The Balaban J connectivity index is 2.26. The average Bonchev–Trinajstić information content (AvgIpc) is 2.92. The SMILES string of the molecule is CNc1ncc(Br)cc1C(=O)NC(C)(C)c1nccs1. The van der Waals surface area contributed by atoms with Gasteiger partial charge in [0.2, 0.25) is 0 Å². The molecule has 0 saturated carbocycles. The van der Waals surface area contributed by atoms with E-state index in [9.17, 15) is 4.79 Å². The van der Waals surface area contributed by atoms with Crippen LogP contribution in [0.15, 0.2) is 28.3 Å². The predicted molar refractivity (Wildman–Crippen MR) is 84.1 cm³/mol. The van der Waals surface area contributed by atoms with Gasteiger partial charge in [-0.2, -0.15) is 0 Å². The number of nitrogens with one attached hydrogen (secondary N) is 2. The maximum atomic E-state index is 12.5. The average molecular weight is 355 g/mol. The molecule has 2 N–H and O–H groups in total. The molecule has 5 nitrogen and oxygen atoms in total. The van der Waals surface area contributed by atoms with Crippen LogP contribution in [0.1, 0.15) is 29.2 Å². The van der Waals surface area contributed by atoms with Crippen molar-refractivity contribution in [2.24, 2.45) is 0 Å². The van der Waals surface area contributed by atoms with Gasteiger partial charge in [0.1, 0.15) is 10.8 Å². The van der Waals surface area contributed by atoms with E-state index in [-0.39, 0.29) is 5.91 Å². The molecule has 20 heavy (non-hydrogen) atoms. The van der Waals surface area contributed by atoms with Crippen LogP contribution in [-0.4, -0.2) is 22.9 Å². The van der Waals surface area contributed by atoms with Crippen LogP contribution in [0.2, 0.25) is 0 Å². The molecule has 2 rings (SSSR count). The first kappa shape index (κ1) is 14.9. The summed E-state index contributed by atoms with van der Waals surface area (Å²) in [6.07, 6.45) is 3.38. The van der Waals surface area contributed by atoms with Crippen molar-refractivity contribution in [2.75, 3.05) is 12.4 Å². The number of aromatic nitrogens is 2. The van der Waals surface area contributed by atoms with Crippen molar-refractivity contribution in [1.82, 2.24) is 15.3 Å². The number of thiazole rings is 1. The van der Waals surface area contributed by atoms with Crippen LogP contribution in [0.25, 0.3) is 0 Å². The summed E-state index contributed by atoms with van der Waals surface area (Å²) in [7, 11) is 1.74. The van der Waals surface area contributed by atoms with Crippen molar-refractivity contribution in [1.29, 1.82) is 0 Å². The van der Waals surface area contributed by atoms with Gasteiger partial charge in [0.15, 0.2) is 0 Å². The fourth-order valence-corrected chi connectivity index (χ4v) is 2.80. The number of anilines is 1. The molecule has 2 aromatic heterocycles. The molecule has 0 aliphatic rings. The van der Waals surface area contributed by atoms with Crippen LogP contribution in [-0.2, 0) is 5.54 Å². The second kappa shape index (κ2) is 5.88. The first-order valence-electron chi connectivity index (χ1n) is 6.00. The van der Waals surface area contributed by atoms with Crippen molar-refractivity contribution in [3.05, 3.63) is 38.9 Å². The van der Waals surface area contributed by atoms with Gasteiger partial charge in [0.05, 0.1) is 11.1 Å². The monoisotopic (exact) mass is 354 g/mol. The Morgan fingerprint density at radius 2 is 2.15 bits per heavy atom. The molecule has 0 aliphatic carbocycles. The third kappa shape index (κ3) is 3.16. The van der Waals surface area contributed by atoms with Gasteiger partial charge < -0.3 is 10.6 Å². The maximum absolute atomic E-state index is 12.5. The summed E-state index contributed by atoms with van der Waals surface area (Å²) in [6.45, 7) is 3.85. The smallest absolute Gasteiger partial charge is 0.255 e. The highest BCUT2D eigenvalue weighted by Crippen LogP contribution is 2.24.